The highest BCUT2D eigenvalue weighted by molar-refractivity contribution is 6.33. The van der Waals surface area contributed by atoms with E-state index in [1.165, 1.54) is 12.8 Å². The summed E-state index contributed by atoms with van der Waals surface area (Å²) < 4.78 is 5.25. The van der Waals surface area contributed by atoms with Crippen LogP contribution in [0, 0.1) is 11.3 Å². The van der Waals surface area contributed by atoms with E-state index in [4.69, 9.17) is 21.9 Å². The molecule has 1 aliphatic rings. The molecule has 0 aliphatic heterocycles. The lowest BCUT2D eigenvalue weighted by molar-refractivity contribution is 0.160. The third-order valence-corrected chi connectivity index (χ3v) is 4.39. The van der Waals surface area contributed by atoms with Crippen LogP contribution in [-0.4, -0.2) is 5.16 Å². The fraction of sp³-hybridized carbons (Fsp3) is 0.769. The Bertz CT molecular complexity index is 387. The van der Waals surface area contributed by atoms with Crippen molar-refractivity contribution in [3.05, 3.63) is 10.8 Å². The highest BCUT2D eigenvalue weighted by atomic mass is 35.5. The summed E-state index contributed by atoms with van der Waals surface area (Å²) in [5.41, 5.74) is 6.01. The number of halogens is 1. The zero-order chi connectivity index (χ0) is 12.6. The second-order valence-corrected chi connectivity index (χ2v) is 6.54. The second kappa shape index (κ2) is 4.52. The Hall–Kier alpha value is -0.700. The molecule has 4 heteroatoms. The van der Waals surface area contributed by atoms with Gasteiger partial charge in [-0.15, -0.1) is 0 Å². The molecule has 0 unspecified atom stereocenters. The van der Waals surface area contributed by atoms with Gasteiger partial charge in [0.05, 0.1) is 0 Å². The topological polar surface area (TPSA) is 52.0 Å². The van der Waals surface area contributed by atoms with E-state index >= 15 is 0 Å². The highest BCUT2D eigenvalue weighted by Gasteiger charge is 2.32. The largest absolute Gasteiger partial charge is 0.380 e. The zero-order valence-corrected chi connectivity index (χ0v) is 11.5. The van der Waals surface area contributed by atoms with Crippen LogP contribution in [0.2, 0.25) is 5.02 Å². The summed E-state index contributed by atoms with van der Waals surface area (Å²) in [5, 5.41) is 4.25. The van der Waals surface area contributed by atoms with Crippen LogP contribution < -0.4 is 5.73 Å². The summed E-state index contributed by atoms with van der Waals surface area (Å²) in [6.07, 6.45) is 4.70. The molecule has 96 valence electrons. The molecule has 0 atom stereocenters. The van der Waals surface area contributed by atoms with Gasteiger partial charge < -0.3 is 10.3 Å². The van der Waals surface area contributed by atoms with E-state index in [0.717, 1.165) is 24.5 Å². The van der Waals surface area contributed by atoms with Crippen LogP contribution in [-0.2, 0) is 0 Å². The van der Waals surface area contributed by atoms with Crippen LogP contribution in [0.4, 0.5) is 5.82 Å². The predicted molar refractivity (Wildman–Crippen MR) is 70.1 cm³/mol. The Labute approximate surface area is 108 Å². The summed E-state index contributed by atoms with van der Waals surface area (Å²) in [5.74, 6) is 2.29. The molecule has 1 aliphatic carbocycles. The predicted octanol–water partition coefficient (Wildman–Crippen LogP) is 4.23. The van der Waals surface area contributed by atoms with Gasteiger partial charge in [0.25, 0.3) is 0 Å². The van der Waals surface area contributed by atoms with Crippen molar-refractivity contribution in [2.75, 3.05) is 5.73 Å². The molecule has 3 nitrogen and oxygen atoms in total. The summed E-state index contributed by atoms with van der Waals surface area (Å²) in [7, 11) is 0. The van der Waals surface area contributed by atoms with Gasteiger partial charge in [0, 0.05) is 5.92 Å². The van der Waals surface area contributed by atoms with E-state index in [1.54, 1.807) is 0 Å². The zero-order valence-electron chi connectivity index (χ0n) is 10.8. The Morgan fingerprint density at radius 1 is 1.24 bits per heavy atom. The number of nitrogens with two attached hydrogens (primary N) is 1. The van der Waals surface area contributed by atoms with Crippen LogP contribution in [0.15, 0.2) is 4.52 Å². The molecule has 1 heterocycles. The first-order valence-corrected chi connectivity index (χ1v) is 6.68. The number of hydrogen-bond donors (Lipinski definition) is 1. The molecule has 0 radical (unpaired) electrons. The summed E-state index contributed by atoms with van der Waals surface area (Å²) in [6.45, 7) is 6.95. The Morgan fingerprint density at radius 3 is 2.24 bits per heavy atom. The van der Waals surface area contributed by atoms with E-state index in [2.05, 4.69) is 25.9 Å². The van der Waals surface area contributed by atoms with E-state index in [0.29, 0.717) is 22.2 Å². The van der Waals surface area contributed by atoms with E-state index in [-0.39, 0.29) is 0 Å². The lowest BCUT2D eigenvalue weighted by Crippen LogP contribution is -2.25. The molecule has 1 fully saturated rings. The van der Waals surface area contributed by atoms with Gasteiger partial charge in [-0.1, -0.05) is 37.5 Å². The van der Waals surface area contributed by atoms with E-state index < -0.39 is 0 Å². The average molecular weight is 257 g/mol. The van der Waals surface area contributed by atoms with E-state index in [1.807, 2.05) is 0 Å². The minimum absolute atomic E-state index is 0.319. The van der Waals surface area contributed by atoms with Crippen LogP contribution in [0.25, 0.3) is 0 Å². The molecule has 1 aromatic heterocycles. The van der Waals surface area contributed by atoms with Gasteiger partial charge in [-0.3, -0.25) is 0 Å². The smallest absolute Gasteiger partial charge is 0.186 e. The molecule has 0 spiro atoms. The first-order valence-electron chi connectivity index (χ1n) is 6.30. The number of nitrogen functional groups attached to an aromatic ring is 1. The minimum atomic E-state index is 0.319. The maximum Gasteiger partial charge on any atom is 0.186 e. The maximum absolute atomic E-state index is 6.09. The third kappa shape index (κ3) is 2.59. The number of hydrogen-bond acceptors (Lipinski definition) is 3. The van der Waals surface area contributed by atoms with Crippen LogP contribution in [0.1, 0.15) is 58.1 Å². The van der Waals surface area contributed by atoms with Gasteiger partial charge in [-0.25, -0.2) is 0 Å². The van der Waals surface area contributed by atoms with Crippen molar-refractivity contribution in [3.63, 3.8) is 0 Å². The molecule has 0 saturated heterocycles. The highest BCUT2D eigenvalue weighted by Crippen LogP contribution is 2.45. The van der Waals surface area contributed by atoms with Crippen LogP contribution in [0.5, 0.6) is 0 Å². The van der Waals surface area contributed by atoms with Crippen molar-refractivity contribution in [1.82, 2.24) is 5.16 Å². The Kier molecular flexibility index (Phi) is 3.39. The molecule has 0 bridgehead atoms. The second-order valence-electron chi connectivity index (χ2n) is 6.16. The van der Waals surface area contributed by atoms with Crippen molar-refractivity contribution in [2.45, 2.75) is 52.4 Å². The Balaban J connectivity index is 2.02. The molecule has 1 saturated carbocycles. The van der Waals surface area contributed by atoms with Crippen molar-refractivity contribution in [1.29, 1.82) is 0 Å². The SMILES string of the molecule is CC(C)(C)C1CCC(c2onc(N)c2Cl)CC1. The molecule has 1 aromatic rings. The van der Waals surface area contributed by atoms with Gasteiger partial charge in [-0.05, 0) is 37.0 Å². The van der Waals surface area contributed by atoms with Gasteiger partial charge >= 0.3 is 0 Å². The molecule has 0 amide bonds. The van der Waals surface area contributed by atoms with Gasteiger partial charge in [-0.2, -0.15) is 0 Å². The lowest BCUT2D eigenvalue weighted by Gasteiger charge is -2.36. The van der Waals surface area contributed by atoms with Gasteiger partial charge in [0.1, 0.15) is 5.02 Å². The number of aromatic nitrogens is 1. The van der Waals surface area contributed by atoms with Gasteiger partial charge in [0.2, 0.25) is 0 Å². The maximum atomic E-state index is 6.09. The van der Waals surface area contributed by atoms with Crippen molar-refractivity contribution >= 4 is 17.4 Å². The van der Waals surface area contributed by atoms with Crippen LogP contribution >= 0.6 is 11.6 Å². The molecule has 2 rings (SSSR count). The summed E-state index contributed by atoms with van der Waals surface area (Å²) >= 11 is 6.09. The lowest BCUT2D eigenvalue weighted by atomic mass is 9.69. The monoisotopic (exact) mass is 256 g/mol. The summed E-state index contributed by atoms with van der Waals surface area (Å²) in [4.78, 5) is 0. The van der Waals surface area contributed by atoms with Crippen molar-refractivity contribution in [2.24, 2.45) is 11.3 Å². The molecular formula is C13H21ClN2O. The average Bonchev–Trinajstić information content (AvgIpc) is 2.59. The molecule has 17 heavy (non-hydrogen) atoms. The van der Waals surface area contributed by atoms with Gasteiger partial charge in [0.15, 0.2) is 11.6 Å². The van der Waals surface area contributed by atoms with Crippen LogP contribution in [0.3, 0.4) is 0 Å². The fourth-order valence-corrected chi connectivity index (χ4v) is 3.00. The fourth-order valence-electron chi connectivity index (χ4n) is 2.78. The molecule has 0 aromatic carbocycles. The molecular weight excluding hydrogens is 236 g/mol. The summed E-state index contributed by atoms with van der Waals surface area (Å²) in [6, 6.07) is 0. The standard InChI is InChI=1S/C13H21ClN2O/c1-13(2,3)9-6-4-8(5-7-9)11-10(14)12(15)16-17-11/h8-9H,4-7H2,1-3H3,(H2,15,16). The number of rotatable bonds is 1. The van der Waals surface area contributed by atoms with E-state index in [9.17, 15) is 0 Å². The third-order valence-electron chi connectivity index (χ3n) is 4.01. The molecule has 2 N–H and O–H groups in total. The van der Waals surface area contributed by atoms with Crippen molar-refractivity contribution < 1.29 is 4.52 Å². The first-order chi connectivity index (χ1) is 7.89. The number of anilines is 1. The first kappa shape index (κ1) is 12.7. The van der Waals surface area contributed by atoms with Crippen molar-refractivity contribution in [3.8, 4) is 0 Å². The minimum Gasteiger partial charge on any atom is -0.380 e. The normalized spacial score (nSPS) is 26.1. The number of nitrogens with zero attached hydrogens (tertiary/aromatic N) is 1. The quantitative estimate of drug-likeness (QED) is 0.818. The Morgan fingerprint density at radius 2 is 1.82 bits per heavy atom.